The van der Waals surface area contributed by atoms with Gasteiger partial charge in [-0.05, 0) is 12.1 Å². The summed E-state index contributed by atoms with van der Waals surface area (Å²) in [4.78, 5) is 24.5. The maximum Gasteiger partial charge on any atom is 0.336 e. The molecule has 1 aromatic carbocycles. The van der Waals surface area contributed by atoms with Crippen LogP contribution in [0.1, 0.15) is 6.42 Å². The zero-order valence-corrected chi connectivity index (χ0v) is 9.51. The van der Waals surface area contributed by atoms with Gasteiger partial charge in [0.15, 0.2) is 11.6 Å². The Labute approximate surface area is 106 Å². The number of hydrogen-bond acceptors (Lipinski definition) is 3. The fourth-order valence-electron chi connectivity index (χ4n) is 1.14. The third kappa shape index (κ3) is 4.30. The fourth-order valence-corrected chi connectivity index (χ4v) is 1.14. The van der Waals surface area contributed by atoms with Crippen LogP contribution in [0.2, 0.25) is 0 Å². The molecule has 0 bridgehead atoms. The van der Waals surface area contributed by atoms with Crippen LogP contribution in [-0.2, 0) is 9.59 Å². The lowest BCUT2D eigenvalue weighted by Crippen LogP contribution is -2.03. The lowest BCUT2D eigenvalue weighted by atomic mass is 10.2. The minimum Gasteiger partial charge on any atom is -0.481 e. The lowest BCUT2D eigenvalue weighted by Gasteiger charge is -1.98. The number of hydrogen-bond donors (Lipinski definition) is 2. The first kappa shape index (κ1) is 14.5. The van der Waals surface area contributed by atoms with Crippen LogP contribution >= 0.6 is 0 Å². The Morgan fingerprint density at radius 2 is 1.79 bits per heavy atom. The predicted molar refractivity (Wildman–Crippen MR) is 62.5 cm³/mol. The summed E-state index contributed by atoms with van der Waals surface area (Å²) in [7, 11) is 0. The molecule has 0 saturated carbocycles. The molecule has 0 aliphatic rings. The number of carboxylic acid groups (broad SMARTS) is 2. The maximum atomic E-state index is 13.2. The Morgan fingerprint density at radius 1 is 1.21 bits per heavy atom. The van der Waals surface area contributed by atoms with Crippen LogP contribution in [0.5, 0.6) is 0 Å². The van der Waals surface area contributed by atoms with E-state index in [1.165, 1.54) is 0 Å². The summed E-state index contributed by atoms with van der Waals surface area (Å²) >= 11 is 0. The van der Waals surface area contributed by atoms with Crippen molar-refractivity contribution in [1.29, 1.82) is 0 Å². The SMILES string of the molecule is O=C(O)CC=C(C=Nc1c(F)cccc1F)C(=O)O. The highest BCUT2D eigenvalue weighted by Crippen LogP contribution is 2.21. The normalized spacial score (nSPS) is 11.8. The summed E-state index contributed by atoms with van der Waals surface area (Å²) < 4.78 is 26.4. The molecule has 0 saturated heterocycles. The van der Waals surface area contributed by atoms with E-state index in [1.54, 1.807) is 0 Å². The number of nitrogens with zero attached hydrogens (tertiary/aromatic N) is 1. The predicted octanol–water partition coefficient (Wildman–Crippen LogP) is 2.15. The lowest BCUT2D eigenvalue weighted by molar-refractivity contribution is -0.136. The minimum absolute atomic E-state index is 0.468. The summed E-state index contributed by atoms with van der Waals surface area (Å²) in [5.41, 5.74) is -1.10. The number of aliphatic imine (C=N–C) groups is 1. The van der Waals surface area contributed by atoms with Crippen molar-refractivity contribution in [3.8, 4) is 0 Å². The third-order valence-corrected chi connectivity index (χ3v) is 2.01. The zero-order chi connectivity index (χ0) is 14.4. The molecule has 5 nitrogen and oxygen atoms in total. The molecule has 1 rings (SSSR count). The highest BCUT2D eigenvalue weighted by atomic mass is 19.1. The van der Waals surface area contributed by atoms with E-state index in [1.807, 2.05) is 0 Å². The molecule has 0 atom stereocenters. The second kappa shape index (κ2) is 6.39. The topological polar surface area (TPSA) is 87.0 Å². The first-order chi connectivity index (χ1) is 8.91. The van der Waals surface area contributed by atoms with Crippen LogP contribution in [0.15, 0.2) is 34.8 Å². The van der Waals surface area contributed by atoms with E-state index in [4.69, 9.17) is 10.2 Å². The molecule has 0 radical (unpaired) electrons. The number of halogens is 2. The van der Waals surface area contributed by atoms with Crippen LogP contribution in [0.3, 0.4) is 0 Å². The Hall–Kier alpha value is -2.57. The van der Waals surface area contributed by atoms with E-state index in [0.29, 0.717) is 6.21 Å². The van der Waals surface area contributed by atoms with Crippen molar-refractivity contribution in [2.75, 3.05) is 0 Å². The molecular weight excluding hydrogens is 260 g/mol. The van der Waals surface area contributed by atoms with Crippen LogP contribution in [-0.4, -0.2) is 28.4 Å². The molecule has 1 aromatic rings. The summed E-state index contributed by atoms with van der Waals surface area (Å²) in [6.07, 6.45) is 1.05. The molecule has 0 amide bonds. The van der Waals surface area contributed by atoms with E-state index in [2.05, 4.69) is 4.99 Å². The molecule has 7 heteroatoms. The molecule has 0 fully saturated rings. The molecule has 0 aliphatic heterocycles. The zero-order valence-electron chi connectivity index (χ0n) is 9.51. The molecule has 0 spiro atoms. The number of carboxylic acids is 2. The van der Waals surface area contributed by atoms with Crippen LogP contribution in [0.4, 0.5) is 14.5 Å². The van der Waals surface area contributed by atoms with E-state index >= 15 is 0 Å². The summed E-state index contributed by atoms with van der Waals surface area (Å²) in [6.45, 7) is 0. The van der Waals surface area contributed by atoms with Gasteiger partial charge in [0.05, 0.1) is 12.0 Å². The monoisotopic (exact) mass is 269 g/mol. The Balaban J connectivity index is 3.03. The van der Waals surface area contributed by atoms with Gasteiger partial charge in [-0.15, -0.1) is 0 Å². The van der Waals surface area contributed by atoms with E-state index in [9.17, 15) is 18.4 Å². The molecular formula is C12H9F2NO4. The molecule has 19 heavy (non-hydrogen) atoms. The highest BCUT2D eigenvalue weighted by molar-refractivity contribution is 6.09. The number of benzene rings is 1. The average Bonchev–Trinajstić information content (AvgIpc) is 2.31. The summed E-state index contributed by atoms with van der Waals surface area (Å²) in [6, 6.07) is 3.08. The van der Waals surface area contributed by atoms with E-state index in [0.717, 1.165) is 24.3 Å². The average molecular weight is 269 g/mol. The van der Waals surface area contributed by atoms with E-state index < -0.39 is 41.3 Å². The van der Waals surface area contributed by atoms with Crippen molar-refractivity contribution in [2.24, 2.45) is 4.99 Å². The van der Waals surface area contributed by atoms with Gasteiger partial charge in [-0.1, -0.05) is 12.1 Å². The van der Waals surface area contributed by atoms with Gasteiger partial charge in [-0.25, -0.2) is 18.6 Å². The quantitative estimate of drug-likeness (QED) is 0.633. The maximum absolute atomic E-state index is 13.2. The third-order valence-electron chi connectivity index (χ3n) is 2.01. The number of rotatable bonds is 5. The molecule has 0 heterocycles. The Morgan fingerprint density at radius 3 is 2.26 bits per heavy atom. The van der Waals surface area contributed by atoms with Crippen LogP contribution in [0.25, 0.3) is 0 Å². The molecule has 2 N–H and O–H groups in total. The number of aliphatic carboxylic acids is 2. The fraction of sp³-hybridized carbons (Fsp3) is 0.0833. The first-order valence-electron chi connectivity index (χ1n) is 5.05. The van der Waals surface area contributed by atoms with Gasteiger partial charge >= 0.3 is 11.9 Å². The van der Waals surface area contributed by atoms with E-state index in [-0.39, 0.29) is 0 Å². The van der Waals surface area contributed by atoms with Gasteiger partial charge in [0.1, 0.15) is 5.69 Å². The van der Waals surface area contributed by atoms with Gasteiger partial charge in [-0.2, -0.15) is 0 Å². The molecule has 0 unspecified atom stereocenters. The second-order valence-corrected chi connectivity index (χ2v) is 3.39. The van der Waals surface area contributed by atoms with Gasteiger partial charge in [0.2, 0.25) is 0 Å². The van der Waals surface area contributed by atoms with Gasteiger partial charge in [0.25, 0.3) is 0 Å². The highest BCUT2D eigenvalue weighted by Gasteiger charge is 2.09. The van der Waals surface area contributed by atoms with Crippen molar-refractivity contribution >= 4 is 23.8 Å². The Bertz CT molecular complexity index is 547. The van der Waals surface area contributed by atoms with Crippen molar-refractivity contribution < 1.29 is 28.6 Å². The first-order valence-corrected chi connectivity index (χ1v) is 5.05. The largest absolute Gasteiger partial charge is 0.481 e. The Kier molecular flexibility index (Phi) is 4.87. The van der Waals surface area contributed by atoms with Crippen molar-refractivity contribution in [2.45, 2.75) is 6.42 Å². The van der Waals surface area contributed by atoms with Crippen molar-refractivity contribution in [1.82, 2.24) is 0 Å². The number of carbonyl (C=O) groups is 2. The molecule has 0 aliphatic carbocycles. The molecule has 0 aromatic heterocycles. The standard InChI is InChI=1S/C12H9F2NO4/c13-8-2-1-3-9(14)11(8)15-6-7(12(18)19)4-5-10(16)17/h1-4,6H,5H2,(H,16,17)(H,18,19). The van der Waals surface area contributed by atoms with Crippen molar-refractivity contribution in [3.05, 3.63) is 41.5 Å². The van der Waals surface area contributed by atoms with Gasteiger partial charge in [-0.3, -0.25) is 4.79 Å². The minimum atomic E-state index is -1.44. The van der Waals surface area contributed by atoms with Gasteiger partial charge < -0.3 is 10.2 Å². The summed E-state index contributed by atoms with van der Waals surface area (Å²) in [5.74, 6) is -4.57. The van der Waals surface area contributed by atoms with Gasteiger partial charge in [0, 0.05) is 6.21 Å². The van der Waals surface area contributed by atoms with Crippen LogP contribution in [0, 0.1) is 11.6 Å². The molecule has 100 valence electrons. The number of para-hydroxylation sites is 1. The smallest absolute Gasteiger partial charge is 0.336 e. The summed E-state index contributed by atoms with van der Waals surface area (Å²) in [5, 5.41) is 17.2. The second-order valence-electron chi connectivity index (χ2n) is 3.39. The van der Waals surface area contributed by atoms with Crippen LogP contribution < -0.4 is 0 Å². The van der Waals surface area contributed by atoms with Crippen molar-refractivity contribution in [3.63, 3.8) is 0 Å².